The highest BCUT2D eigenvalue weighted by atomic mass is 16.7. The van der Waals surface area contributed by atoms with Crippen LogP contribution in [0.1, 0.15) is 20.3 Å². The van der Waals surface area contributed by atoms with Crippen molar-refractivity contribution in [1.82, 2.24) is 20.2 Å². The third-order valence-corrected chi connectivity index (χ3v) is 4.03. The number of hydrogen-bond acceptors (Lipinski definition) is 6. The highest BCUT2D eigenvalue weighted by Gasteiger charge is 2.35. The number of hydrogen-bond donors (Lipinski definition) is 1. The van der Waals surface area contributed by atoms with Crippen molar-refractivity contribution in [2.24, 2.45) is 4.99 Å². The zero-order valence-corrected chi connectivity index (χ0v) is 13.2. The van der Waals surface area contributed by atoms with Gasteiger partial charge in [0.1, 0.15) is 18.2 Å². The lowest BCUT2D eigenvalue weighted by Gasteiger charge is -2.40. The van der Waals surface area contributed by atoms with Gasteiger partial charge >= 0.3 is 0 Å². The first-order valence-corrected chi connectivity index (χ1v) is 7.40. The maximum Gasteiger partial charge on any atom is 0.139 e. The Labute approximate surface area is 126 Å². The van der Waals surface area contributed by atoms with Crippen LogP contribution < -0.4 is 5.32 Å². The Hall–Kier alpha value is -1.95. The molecule has 0 fully saturated rings. The lowest BCUT2D eigenvalue weighted by atomic mass is 10.1. The molecule has 1 N–H and O–H groups in total. The molecule has 0 aliphatic carbocycles. The number of nitrogens with one attached hydrogen (secondary N) is 1. The number of aliphatic imine (C=N–C) groups is 1. The van der Waals surface area contributed by atoms with Crippen LogP contribution in [0, 0.1) is 0 Å². The molecule has 0 aromatic rings. The summed E-state index contributed by atoms with van der Waals surface area (Å²) in [5, 5.41) is 5.14. The van der Waals surface area contributed by atoms with Gasteiger partial charge in [-0.2, -0.15) is 0 Å². The van der Waals surface area contributed by atoms with E-state index in [4.69, 9.17) is 9.83 Å². The van der Waals surface area contributed by atoms with Gasteiger partial charge in [0.2, 0.25) is 0 Å². The highest BCUT2D eigenvalue weighted by Crippen LogP contribution is 2.35. The summed E-state index contributed by atoms with van der Waals surface area (Å²) in [7, 11) is 3.65. The molecule has 3 aliphatic rings. The smallest absolute Gasteiger partial charge is 0.139 e. The predicted molar refractivity (Wildman–Crippen MR) is 82.8 cm³/mol. The molecule has 0 saturated carbocycles. The number of hydroxylamine groups is 2. The Morgan fingerprint density at radius 1 is 1.43 bits per heavy atom. The molecule has 114 valence electrons. The normalized spacial score (nSPS) is 21.0. The van der Waals surface area contributed by atoms with E-state index in [2.05, 4.69) is 29.0 Å². The minimum Gasteiger partial charge on any atom is -0.386 e. The molecule has 0 amide bonds. The fourth-order valence-electron chi connectivity index (χ4n) is 3.12. The van der Waals surface area contributed by atoms with Crippen molar-refractivity contribution in [1.29, 1.82) is 0 Å². The van der Waals surface area contributed by atoms with E-state index in [1.807, 2.05) is 24.5 Å². The van der Waals surface area contributed by atoms with Crippen molar-refractivity contribution >= 4 is 6.21 Å². The summed E-state index contributed by atoms with van der Waals surface area (Å²) in [6.45, 7) is 7.05. The largest absolute Gasteiger partial charge is 0.386 e. The van der Waals surface area contributed by atoms with Gasteiger partial charge in [0.25, 0.3) is 0 Å². The minimum absolute atomic E-state index is 0.701. The number of rotatable bonds is 4. The Morgan fingerprint density at radius 3 is 2.90 bits per heavy atom. The van der Waals surface area contributed by atoms with E-state index < -0.39 is 0 Å². The van der Waals surface area contributed by atoms with Crippen molar-refractivity contribution in [3.8, 4) is 0 Å². The molecular formula is C15H23N5O. The van der Waals surface area contributed by atoms with Crippen molar-refractivity contribution in [3.05, 3.63) is 34.7 Å². The van der Waals surface area contributed by atoms with Crippen LogP contribution in [-0.2, 0) is 4.84 Å². The summed E-state index contributed by atoms with van der Waals surface area (Å²) < 4.78 is 0. The lowest BCUT2D eigenvalue weighted by Crippen LogP contribution is -2.43. The van der Waals surface area contributed by atoms with Crippen LogP contribution in [0.3, 0.4) is 0 Å². The monoisotopic (exact) mass is 289 g/mol. The van der Waals surface area contributed by atoms with Gasteiger partial charge in [-0.15, -0.1) is 0 Å². The average Bonchev–Trinajstić information content (AvgIpc) is 2.90. The average molecular weight is 289 g/mol. The number of allylic oxidation sites excluding steroid dienone is 1. The quantitative estimate of drug-likeness (QED) is 0.848. The topological polar surface area (TPSA) is 43.3 Å². The SMILES string of the molecule is CCCN1CC(C)=C(NC)C2=C1N1CN(OC)C=C1C=N2. The molecule has 3 heterocycles. The van der Waals surface area contributed by atoms with Gasteiger partial charge in [-0.25, -0.2) is 10.1 Å². The summed E-state index contributed by atoms with van der Waals surface area (Å²) >= 11 is 0. The third-order valence-electron chi connectivity index (χ3n) is 4.03. The van der Waals surface area contributed by atoms with Crippen LogP contribution in [0.2, 0.25) is 0 Å². The molecule has 0 aromatic carbocycles. The Balaban J connectivity index is 2.04. The zero-order chi connectivity index (χ0) is 15.0. The van der Waals surface area contributed by atoms with Gasteiger partial charge in [0.05, 0.1) is 30.9 Å². The second-order valence-corrected chi connectivity index (χ2v) is 5.48. The number of nitrogens with zero attached hydrogens (tertiary/aromatic N) is 4. The molecular weight excluding hydrogens is 266 g/mol. The molecule has 0 aromatic heterocycles. The molecule has 0 saturated heterocycles. The van der Waals surface area contributed by atoms with E-state index >= 15 is 0 Å². The Bertz CT molecular complexity index is 560. The van der Waals surface area contributed by atoms with Gasteiger partial charge in [0, 0.05) is 20.1 Å². The highest BCUT2D eigenvalue weighted by molar-refractivity contribution is 5.82. The first-order valence-electron chi connectivity index (χ1n) is 7.40. The summed E-state index contributed by atoms with van der Waals surface area (Å²) in [4.78, 5) is 14.7. The first kappa shape index (κ1) is 14.0. The summed E-state index contributed by atoms with van der Waals surface area (Å²) in [6.07, 6.45) is 5.02. The van der Waals surface area contributed by atoms with Crippen molar-refractivity contribution < 1.29 is 4.84 Å². The maximum atomic E-state index is 5.34. The summed E-state index contributed by atoms with van der Waals surface area (Å²) in [6, 6.07) is 0. The molecule has 6 heteroatoms. The Morgan fingerprint density at radius 2 is 2.24 bits per heavy atom. The van der Waals surface area contributed by atoms with Crippen molar-refractivity contribution in [3.63, 3.8) is 0 Å². The van der Waals surface area contributed by atoms with Gasteiger partial charge in [0.15, 0.2) is 0 Å². The number of fused-ring (bicyclic) bond motifs is 2. The Kier molecular flexibility index (Phi) is 3.63. The minimum atomic E-state index is 0.701. The van der Waals surface area contributed by atoms with Gasteiger partial charge in [-0.05, 0) is 18.9 Å². The maximum absolute atomic E-state index is 5.34. The molecule has 0 bridgehead atoms. The summed E-state index contributed by atoms with van der Waals surface area (Å²) in [5.41, 5.74) is 4.58. The second-order valence-electron chi connectivity index (χ2n) is 5.48. The van der Waals surface area contributed by atoms with Crippen LogP contribution in [0.15, 0.2) is 39.7 Å². The molecule has 0 unspecified atom stereocenters. The predicted octanol–water partition coefficient (Wildman–Crippen LogP) is 1.44. The van der Waals surface area contributed by atoms with E-state index in [1.54, 1.807) is 7.11 Å². The lowest BCUT2D eigenvalue weighted by molar-refractivity contribution is -0.0971. The van der Waals surface area contributed by atoms with Crippen LogP contribution in [-0.4, -0.2) is 55.0 Å². The van der Waals surface area contributed by atoms with E-state index in [-0.39, 0.29) is 0 Å². The molecule has 3 rings (SSSR count). The van der Waals surface area contributed by atoms with E-state index in [9.17, 15) is 0 Å². The number of likely N-dealkylation sites (N-methyl/N-ethyl adjacent to an activating group) is 1. The molecule has 0 radical (unpaired) electrons. The van der Waals surface area contributed by atoms with E-state index in [1.165, 1.54) is 11.4 Å². The van der Waals surface area contributed by atoms with E-state index in [0.29, 0.717) is 6.67 Å². The molecule has 21 heavy (non-hydrogen) atoms. The standard InChI is InChI=1S/C15H23N5O/c1-5-6-18-8-11(2)13(16-3)14-15(18)20-10-19(21-4)9-12(20)7-17-14/h7,9,16H,5-6,8,10H2,1-4H3. The van der Waals surface area contributed by atoms with Crippen LogP contribution in [0.25, 0.3) is 0 Å². The molecule has 6 nitrogen and oxygen atoms in total. The second kappa shape index (κ2) is 5.44. The third kappa shape index (κ3) is 2.19. The van der Waals surface area contributed by atoms with Crippen LogP contribution in [0.4, 0.5) is 0 Å². The summed E-state index contributed by atoms with van der Waals surface area (Å²) in [5.74, 6) is 1.18. The van der Waals surface area contributed by atoms with Crippen LogP contribution >= 0.6 is 0 Å². The van der Waals surface area contributed by atoms with Gasteiger partial charge in [-0.1, -0.05) is 6.92 Å². The molecule has 0 spiro atoms. The molecule has 0 atom stereocenters. The van der Waals surface area contributed by atoms with Gasteiger partial charge < -0.3 is 15.1 Å². The fourth-order valence-corrected chi connectivity index (χ4v) is 3.12. The first-order chi connectivity index (χ1) is 10.2. The van der Waals surface area contributed by atoms with Crippen LogP contribution in [0.5, 0.6) is 0 Å². The van der Waals surface area contributed by atoms with E-state index in [0.717, 1.165) is 36.6 Å². The van der Waals surface area contributed by atoms with Crippen molar-refractivity contribution in [2.45, 2.75) is 20.3 Å². The molecule has 3 aliphatic heterocycles. The zero-order valence-electron chi connectivity index (χ0n) is 13.2. The fraction of sp³-hybridized carbons (Fsp3) is 0.533. The van der Waals surface area contributed by atoms with Gasteiger partial charge in [-0.3, -0.25) is 4.84 Å². The van der Waals surface area contributed by atoms with Crippen molar-refractivity contribution in [2.75, 3.05) is 33.9 Å².